The second-order valence-electron chi connectivity index (χ2n) is 4.59. The molecule has 22 heavy (non-hydrogen) atoms. The number of benzene rings is 1. The molecule has 0 aromatic heterocycles. The Morgan fingerprint density at radius 1 is 1.27 bits per heavy atom. The van der Waals surface area contributed by atoms with E-state index in [1.165, 1.54) is 0 Å². The topological polar surface area (TPSA) is 53.2 Å². The minimum absolute atomic E-state index is 0.207. The normalized spacial score (nSPS) is 12.5. The van der Waals surface area contributed by atoms with E-state index in [1.807, 2.05) is 32.0 Å². The Morgan fingerprint density at radius 2 is 1.91 bits per heavy atom. The largest absolute Gasteiger partial charge is 0.339 e. The fourth-order valence-corrected chi connectivity index (χ4v) is 2.27. The first kappa shape index (κ1) is 19.6. The van der Waals surface area contributed by atoms with E-state index >= 15 is 0 Å². The molecule has 0 bridgehead atoms. The standard InChI is InChI=1S/C13H15Cl4N3OS/c1-7-3-4-9(8(2)5-7)18-12(22)20-11(13(15,16)17)19-10(21)6-14/h3-5,11H,6H2,1-2H3,(H,19,21)(H2,18,20,22)/t11-/m0/s1. The van der Waals surface area contributed by atoms with Crippen LogP contribution < -0.4 is 16.0 Å². The summed E-state index contributed by atoms with van der Waals surface area (Å²) in [5, 5.41) is 8.39. The van der Waals surface area contributed by atoms with Crippen molar-refractivity contribution in [2.24, 2.45) is 0 Å². The number of alkyl halides is 4. The van der Waals surface area contributed by atoms with Gasteiger partial charge in [-0.2, -0.15) is 0 Å². The molecule has 0 aliphatic carbocycles. The molecule has 0 heterocycles. The van der Waals surface area contributed by atoms with Crippen LogP contribution in [0.15, 0.2) is 18.2 Å². The van der Waals surface area contributed by atoms with E-state index in [0.29, 0.717) is 0 Å². The summed E-state index contributed by atoms with van der Waals surface area (Å²) in [7, 11) is 0. The average molecular weight is 403 g/mol. The van der Waals surface area contributed by atoms with Crippen molar-refractivity contribution in [1.82, 2.24) is 10.6 Å². The Balaban J connectivity index is 2.76. The van der Waals surface area contributed by atoms with Crippen LogP contribution in [-0.2, 0) is 4.79 Å². The molecule has 1 aromatic carbocycles. The molecule has 3 N–H and O–H groups in total. The first-order chi connectivity index (χ1) is 10.1. The molecule has 1 amide bonds. The molecule has 0 aliphatic heterocycles. The van der Waals surface area contributed by atoms with Gasteiger partial charge in [0.15, 0.2) is 5.11 Å². The number of amides is 1. The zero-order chi connectivity index (χ0) is 16.9. The van der Waals surface area contributed by atoms with E-state index in [9.17, 15) is 4.79 Å². The predicted octanol–water partition coefficient (Wildman–Crippen LogP) is 3.64. The average Bonchev–Trinajstić information content (AvgIpc) is 2.40. The highest BCUT2D eigenvalue weighted by Gasteiger charge is 2.34. The van der Waals surface area contributed by atoms with Gasteiger partial charge in [-0.15, -0.1) is 11.6 Å². The van der Waals surface area contributed by atoms with Gasteiger partial charge in [0, 0.05) is 5.69 Å². The molecule has 0 unspecified atom stereocenters. The van der Waals surface area contributed by atoms with E-state index in [1.54, 1.807) is 0 Å². The fraction of sp³-hybridized carbons (Fsp3) is 0.385. The third-order valence-corrected chi connectivity index (χ3v) is 3.78. The Bertz CT molecular complexity index is 563. The number of thiocarbonyl (C=S) groups is 1. The SMILES string of the molecule is Cc1ccc(NC(=S)N[C@H](NC(=O)CCl)C(Cl)(Cl)Cl)c(C)c1. The van der Waals surface area contributed by atoms with Gasteiger partial charge in [-0.05, 0) is 37.7 Å². The Morgan fingerprint density at radius 3 is 2.41 bits per heavy atom. The van der Waals surface area contributed by atoms with Gasteiger partial charge in [0.1, 0.15) is 12.0 Å². The van der Waals surface area contributed by atoms with Gasteiger partial charge < -0.3 is 16.0 Å². The second-order valence-corrected chi connectivity index (χ2v) is 7.64. The van der Waals surface area contributed by atoms with Crippen molar-refractivity contribution < 1.29 is 4.79 Å². The van der Waals surface area contributed by atoms with Crippen LogP contribution in [0.3, 0.4) is 0 Å². The minimum atomic E-state index is -1.80. The molecule has 0 fully saturated rings. The van der Waals surface area contributed by atoms with Crippen LogP contribution in [-0.4, -0.2) is 26.9 Å². The predicted molar refractivity (Wildman–Crippen MR) is 98.2 cm³/mol. The van der Waals surface area contributed by atoms with E-state index in [0.717, 1.165) is 16.8 Å². The number of aryl methyl sites for hydroxylation is 2. The highest BCUT2D eigenvalue weighted by Crippen LogP contribution is 2.29. The molecule has 1 rings (SSSR count). The Labute approximate surface area is 154 Å². The van der Waals surface area contributed by atoms with Gasteiger partial charge in [0.25, 0.3) is 0 Å². The van der Waals surface area contributed by atoms with Crippen molar-refractivity contribution in [1.29, 1.82) is 0 Å². The molecular weight excluding hydrogens is 388 g/mol. The summed E-state index contributed by atoms with van der Waals surface area (Å²) < 4.78 is -1.80. The molecule has 0 saturated carbocycles. The quantitative estimate of drug-likeness (QED) is 0.408. The number of halogens is 4. The zero-order valence-corrected chi connectivity index (χ0v) is 15.7. The third-order valence-electron chi connectivity index (χ3n) is 2.66. The number of carbonyl (C=O) groups excluding carboxylic acids is 1. The fourth-order valence-electron chi connectivity index (χ4n) is 1.64. The van der Waals surface area contributed by atoms with Crippen LogP contribution in [0.4, 0.5) is 5.69 Å². The molecular formula is C13H15Cl4N3OS. The third kappa shape index (κ3) is 6.34. The smallest absolute Gasteiger partial charge is 0.236 e. The highest BCUT2D eigenvalue weighted by atomic mass is 35.6. The molecule has 9 heteroatoms. The number of anilines is 1. The van der Waals surface area contributed by atoms with Crippen LogP contribution in [0.25, 0.3) is 0 Å². The molecule has 1 atom stereocenters. The highest BCUT2D eigenvalue weighted by molar-refractivity contribution is 7.80. The van der Waals surface area contributed by atoms with Crippen molar-refractivity contribution in [3.63, 3.8) is 0 Å². The summed E-state index contributed by atoms with van der Waals surface area (Å²) >= 11 is 28.1. The first-order valence-electron chi connectivity index (χ1n) is 6.20. The summed E-state index contributed by atoms with van der Waals surface area (Å²) in [6, 6.07) is 5.84. The number of nitrogens with one attached hydrogen (secondary N) is 3. The lowest BCUT2D eigenvalue weighted by Crippen LogP contribution is -2.56. The van der Waals surface area contributed by atoms with E-state index < -0.39 is 15.9 Å². The van der Waals surface area contributed by atoms with Gasteiger partial charge in [0.05, 0.1) is 0 Å². The van der Waals surface area contributed by atoms with Crippen molar-refractivity contribution in [2.75, 3.05) is 11.2 Å². The summed E-state index contributed by atoms with van der Waals surface area (Å²) in [6.45, 7) is 3.94. The van der Waals surface area contributed by atoms with Gasteiger partial charge >= 0.3 is 0 Å². The summed E-state index contributed by atoms with van der Waals surface area (Å²) in [5.41, 5.74) is 2.96. The van der Waals surface area contributed by atoms with Crippen molar-refractivity contribution >= 4 is 75.3 Å². The molecule has 1 aromatic rings. The van der Waals surface area contributed by atoms with Crippen molar-refractivity contribution in [2.45, 2.75) is 23.8 Å². The molecule has 0 saturated heterocycles. The van der Waals surface area contributed by atoms with Crippen LogP contribution in [0, 0.1) is 13.8 Å². The Kier molecular flexibility index (Phi) is 7.49. The summed E-state index contributed by atoms with van der Waals surface area (Å²) in [5.74, 6) is -0.740. The first-order valence-corrected chi connectivity index (χ1v) is 8.28. The van der Waals surface area contributed by atoms with Crippen LogP contribution in [0.1, 0.15) is 11.1 Å². The van der Waals surface area contributed by atoms with Crippen molar-refractivity contribution in [3.8, 4) is 0 Å². The maximum absolute atomic E-state index is 11.4. The lowest BCUT2D eigenvalue weighted by Gasteiger charge is -2.27. The lowest BCUT2D eigenvalue weighted by atomic mass is 10.1. The van der Waals surface area contributed by atoms with Crippen LogP contribution in [0.2, 0.25) is 0 Å². The molecule has 4 nitrogen and oxygen atoms in total. The monoisotopic (exact) mass is 401 g/mol. The van der Waals surface area contributed by atoms with Gasteiger partial charge in [0.2, 0.25) is 9.70 Å². The Hall–Kier alpha value is -0.460. The maximum Gasteiger partial charge on any atom is 0.236 e. The van der Waals surface area contributed by atoms with Crippen LogP contribution in [0.5, 0.6) is 0 Å². The number of carbonyl (C=O) groups is 1. The number of hydrogen-bond acceptors (Lipinski definition) is 2. The van der Waals surface area contributed by atoms with E-state index in [-0.39, 0.29) is 11.0 Å². The van der Waals surface area contributed by atoms with Gasteiger partial charge in [-0.1, -0.05) is 52.5 Å². The van der Waals surface area contributed by atoms with Gasteiger partial charge in [-0.3, -0.25) is 4.79 Å². The maximum atomic E-state index is 11.4. The van der Waals surface area contributed by atoms with E-state index in [2.05, 4.69) is 16.0 Å². The minimum Gasteiger partial charge on any atom is -0.339 e. The van der Waals surface area contributed by atoms with Crippen molar-refractivity contribution in [3.05, 3.63) is 29.3 Å². The van der Waals surface area contributed by atoms with E-state index in [4.69, 9.17) is 58.6 Å². The molecule has 122 valence electrons. The molecule has 0 spiro atoms. The lowest BCUT2D eigenvalue weighted by molar-refractivity contribution is -0.119. The number of rotatable bonds is 4. The zero-order valence-electron chi connectivity index (χ0n) is 11.8. The molecule has 0 aliphatic rings. The number of hydrogen-bond donors (Lipinski definition) is 3. The summed E-state index contributed by atoms with van der Waals surface area (Å²) in [4.78, 5) is 11.4. The van der Waals surface area contributed by atoms with Gasteiger partial charge in [-0.25, -0.2) is 0 Å². The second kappa shape index (κ2) is 8.41. The summed E-state index contributed by atoms with van der Waals surface area (Å²) in [6.07, 6.45) is -1.02. The van der Waals surface area contributed by atoms with Crippen LogP contribution >= 0.6 is 58.6 Å². The molecule has 0 radical (unpaired) electrons.